The number of anilines is 1. The minimum absolute atomic E-state index is 0.103. The molecule has 0 heterocycles. The Morgan fingerprint density at radius 1 is 1.16 bits per heavy atom. The molecule has 0 aliphatic rings. The topological polar surface area (TPSA) is 56.5 Å². The molecule has 1 aromatic rings. The molecule has 0 amide bonds. The van der Waals surface area contributed by atoms with Crippen molar-refractivity contribution in [2.45, 2.75) is 39.2 Å². The molecule has 108 valence electrons. The summed E-state index contributed by atoms with van der Waals surface area (Å²) in [5.41, 5.74) is 8.08. The summed E-state index contributed by atoms with van der Waals surface area (Å²) in [7, 11) is 3.29. The van der Waals surface area contributed by atoms with Gasteiger partial charge in [-0.2, -0.15) is 0 Å². The van der Waals surface area contributed by atoms with E-state index in [1.165, 1.54) is 0 Å². The Morgan fingerprint density at radius 3 is 2.26 bits per heavy atom. The van der Waals surface area contributed by atoms with Gasteiger partial charge in [0, 0.05) is 23.8 Å². The van der Waals surface area contributed by atoms with Gasteiger partial charge in [-0.15, -0.1) is 0 Å². The molecule has 0 fully saturated rings. The zero-order valence-corrected chi connectivity index (χ0v) is 12.7. The van der Waals surface area contributed by atoms with E-state index in [9.17, 15) is 0 Å². The summed E-state index contributed by atoms with van der Waals surface area (Å²) >= 11 is 0. The van der Waals surface area contributed by atoms with E-state index in [1.54, 1.807) is 14.2 Å². The van der Waals surface area contributed by atoms with Gasteiger partial charge in [0.1, 0.15) is 0 Å². The fraction of sp³-hybridized carbons (Fsp3) is 0.600. The van der Waals surface area contributed by atoms with Gasteiger partial charge in [-0.3, -0.25) is 0 Å². The first-order valence-corrected chi connectivity index (χ1v) is 6.63. The molecule has 1 aromatic carbocycles. The number of benzene rings is 1. The average Bonchev–Trinajstić information content (AvgIpc) is 2.34. The second kappa shape index (κ2) is 6.66. The molecule has 0 saturated carbocycles. The predicted octanol–water partition coefficient (Wildman–Crippen LogP) is 2.94. The van der Waals surface area contributed by atoms with Crippen molar-refractivity contribution in [3.05, 3.63) is 17.7 Å². The van der Waals surface area contributed by atoms with Gasteiger partial charge >= 0.3 is 0 Å². The van der Waals surface area contributed by atoms with Crippen LogP contribution >= 0.6 is 0 Å². The third-order valence-electron chi connectivity index (χ3n) is 3.04. The van der Waals surface area contributed by atoms with Gasteiger partial charge in [0.05, 0.1) is 14.2 Å². The van der Waals surface area contributed by atoms with Crippen LogP contribution < -0.4 is 20.5 Å². The van der Waals surface area contributed by atoms with Crippen LogP contribution in [0.5, 0.6) is 11.5 Å². The molecule has 19 heavy (non-hydrogen) atoms. The summed E-state index contributed by atoms with van der Waals surface area (Å²) in [6, 6.07) is 3.95. The third kappa shape index (κ3) is 4.99. The van der Waals surface area contributed by atoms with E-state index in [-0.39, 0.29) is 5.54 Å². The summed E-state index contributed by atoms with van der Waals surface area (Å²) in [5.74, 6) is 1.50. The molecule has 0 aliphatic carbocycles. The number of hydrogen-bond donors (Lipinski definition) is 2. The first kappa shape index (κ1) is 15.6. The van der Waals surface area contributed by atoms with Gasteiger partial charge in [0.2, 0.25) is 0 Å². The molecule has 0 saturated heterocycles. The van der Waals surface area contributed by atoms with E-state index >= 15 is 0 Å². The maximum absolute atomic E-state index is 5.96. The van der Waals surface area contributed by atoms with Gasteiger partial charge < -0.3 is 20.5 Å². The summed E-state index contributed by atoms with van der Waals surface area (Å²) < 4.78 is 10.6. The summed E-state index contributed by atoms with van der Waals surface area (Å²) in [4.78, 5) is 0. The van der Waals surface area contributed by atoms with E-state index in [0.29, 0.717) is 0 Å². The van der Waals surface area contributed by atoms with Gasteiger partial charge in [0.25, 0.3) is 0 Å². The van der Waals surface area contributed by atoms with Crippen LogP contribution in [0, 0.1) is 6.92 Å². The molecule has 0 spiro atoms. The zero-order chi connectivity index (χ0) is 14.5. The molecular formula is C15H26N2O2. The van der Waals surface area contributed by atoms with Crippen LogP contribution in [0.4, 0.5) is 5.69 Å². The van der Waals surface area contributed by atoms with Crippen LogP contribution in [0.15, 0.2) is 12.1 Å². The fourth-order valence-corrected chi connectivity index (χ4v) is 1.94. The molecule has 0 unspecified atom stereocenters. The lowest BCUT2D eigenvalue weighted by Crippen LogP contribution is -2.32. The Bertz CT molecular complexity index is 411. The number of ether oxygens (including phenoxy) is 2. The zero-order valence-electron chi connectivity index (χ0n) is 12.7. The highest BCUT2D eigenvalue weighted by Crippen LogP contribution is 2.32. The molecule has 1 rings (SSSR count). The Labute approximate surface area is 116 Å². The molecule has 4 nitrogen and oxygen atoms in total. The molecule has 0 atom stereocenters. The maximum Gasteiger partial charge on any atom is 0.162 e. The van der Waals surface area contributed by atoms with Crippen LogP contribution in [0.1, 0.15) is 32.3 Å². The molecule has 3 N–H and O–H groups in total. The van der Waals surface area contributed by atoms with Crippen molar-refractivity contribution < 1.29 is 9.47 Å². The van der Waals surface area contributed by atoms with Crippen molar-refractivity contribution in [3.8, 4) is 11.5 Å². The third-order valence-corrected chi connectivity index (χ3v) is 3.04. The Morgan fingerprint density at radius 2 is 1.74 bits per heavy atom. The summed E-state index contributed by atoms with van der Waals surface area (Å²) in [6.45, 7) is 7.05. The van der Waals surface area contributed by atoms with Gasteiger partial charge in [-0.25, -0.2) is 0 Å². The summed E-state index contributed by atoms with van der Waals surface area (Å²) in [6.07, 6.45) is 2.03. The van der Waals surface area contributed by atoms with Crippen molar-refractivity contribution >= 4 is 5.69 Å². The predicted molar refractivity (Wildman–Crippen MR) is 80.3 cm³/mol. The second-order valence-corrected chi connectivity index (χ2v) is 5.54. The standard InChI is InChI=1S/C15H26N2O2/c1-11-9-13(18-4)14(19-5)10-12(11)17-8-6-7-15(2,3)16/h9-10,17H,6-8,16H2,1-5H3. The van der Waals surface area contributed by atoms with Gasteiger partial charge in [0.15, 0.2) is 11.5 Å². The first-order chi connectivity index (χ1) is 8.87. The molecular weight excluding hydrogens is 240 g/mol. The van der Waals surface area contributed by atoms with E-state index in [4.69, 9.17) is 15.2 Å². The number of methoxy groups -OCH3 is 2. The molecule has 0 aromatic heterocycles. The number of nitrogens with two attached hydrogens (primary N) is 1. The van der Waals surface area contributed by atoms with Crippen molar-refractivity contribution in [2.24, 2.45) is 5.73 Å². The SMILES string of the molecule is COc1cc(C)c(NCCCC(C)(C)N)cc1OC. The Kier molecular flexibility index (Phi) is 5.48. The highest BCUT2D eigenvalue weighted by atomic mass is 16.5. The van der Waals surface area contributed by atoms with E-state index in [2.05, 4.69) is 26.1 Å². The van der Waals surface area contributed by atoms with Crippen LogP contribution in [-0.2, 0) is 0 Å². The Balaban J connectivity index is 2.63. The largest absolute Gasteiger partial charge is 0.493 e. The van der Waals surface area contributed by atoms with Crippen molar-refractivity contribution in [1.82, 2.24) is 0 Å². The molecule has 4 heteroatoms. The molecule has 0 aliphatic heterocycles. The highest BCUT2D eigenvalue weighted by Gasteiger charge is 2.11. The lowest BCUT2D eigenvalue weighted by atomic mass is 10.0. The second-order valence-electron chi connectivity index (χ2n) is 5.54. The summed E-state index contributed by atoms with van der Waals surface area (Å²) in [5, 5.41) is 3.42. The van der Waals surface area contributed by atoms with E-state index in [0.717, 1.165) is 42.1 Å². The minimum Gasteiger partial charge on any atom is -0.493 e. The van der Waals surface area contributed by atoms with Gasteiger partial charge in [-0.05, 0) is 45.2 Å². The number of rotatable bonds is 7. The normalized spacial score (nSPS) is 11.3. The highest BCUT2D eigenvalue weighted by molar-refractivity contribution is 5.60. The molecule has 0 bridgehead atoms. The minimum atomic E-state index is -0.103. The average molecular weight is 266 g/mol. The van der Waals surface area contributed by atoms with Crippen LogP contribution in [0.25, 0.3) is 0 Å². The molecule has 0 radical (unpaired) electrons. The number of nitrogens with one attached hydrogen (secondary N) is 1. The lowest BCUT2D eigenvalue weighted by Gasteiger charge is -2.19. The fourth-order valence-electron chi connectivity index (χ4n) is 1.94. The monoisotopic (exact) mass is 266 g/mol. The van der Waals surface area contributed by atoms with E-state index in [1.807, 2.05) is 12.1 Å². The van der Waals surface area contributed by atoms with E-state index < -0.39 is 0 Å². The maximum atomic E-state index is 5.96. The van der Waals surface area contributed by atoms with Crippen LogP contribution in [-0.4, -0.2) is 26.3 Å². The van der Waals surface area contributed by atoms with Crippen molar-refractivity contribution in [2.75, 3.05) is 26.1 Å². The lowest BCUT2D eigenvalue weighted by molar-refractivity contribution is 0.355. The van der Waals surface area contributed by atoms with Gasteiger partial charge in [-0.1, -0.05) is 0 Å². The quantitative estimate of drug-likeness (QED) is 0.745. The van der Waals surface area contributed by atoms with Crippen molar-refractivity contribution in [3.63, 3.8) is 0 Å². The van der Waals surface area contributed by atoms with Crippen LogP contribution in [0.3, 0.4) is 0 Å². The number of aryl methyl sites for hydroxylation is 1. The first-order valence-electron chi connectivity index (χ1n) is 6.63. The van der Waals surface area contributed by atoms with Crippen LogP contribution in [0.2, 0.25) is 0 Å². The number of hydrogen-bond acceptors (Lipinski definition) is 4. The van der Waals surface area contributed by atoms with Crippen molar-refractivity contribution in [1.29, 1.82) is 0 Å². The smallest absolute Gasteiger partial charge is 0.162 e. The Hall–Kier alpha value is -1.42.